The van der Waals surface area contributed by atoms with Crippen LogP contribution < -0.4 is 10.9 Å². The van der Waals surface area contributed by atoms with Crippen LogP contribution in [0.1, 0.15) is 24.1 Å². The highest BCUT2D eigenvalue weighted by Crippen LogP contribution is 2.35. The highest BCUT2D eigenvalue weighted by molar-refractivity contribution is 7.99. The number of halogens is 1. The summed E-state index contributed by atoms with van der Waals surface area (Å²) in [4.78, 5) is 29.7. The molecule has 1 saturated heterocycles. The Morgan fingerprint density at radius 3 is 2.83 bits per heavy atom. The number of carbonyl (C=O) groups is 1. The monoisotopic (exact) mass is 463 g/mol. The van der Waals surface area contributed by atoms with Gasteiger partial charge in [0.25, 0.3) is 5.56 Å². The number of nitrogens with one attached hydrogen (secondary N) is 1. The molecule has 0 spiro atoms. The highest BCUT2D eigenvalue weighted by Gasteiger charge is 2.34. The molecule has 0 bridgehead atoms. The van der Waals surface area contributed by atoms with E-state index in [0.717, 1.165) is 12.8 Å². The van der Waals surface area contributed by atoms with Gasteiger partial charge in [0.1, 0.15) is 0 Å². The van der Waals surface area contributed by atoms with Crippen LogP contribution in [0.15, 0.2) is 46.7 Å². The van der Waals surface area contributed by atoms with Gasteiger partial charge >= 0.3 is 0 Å². The van der Waals surface area contributed by atoms with Crippen molar-refractivity contribution < 1.29 is 9.53 Å². The molecule has 2 aromatic heterocycles. The molecule has 1 amide bonds. The number of hydrogen-bond donors (Lipinski definition) is 1. The van der Waals surface area contributed by atoms with Crippen LogP contribution in [-0.4, -0.2) is 40.8 Å². The number of rotatable bonds is 7. The summed E-state index contributed by atoms with van der Waals surface area (Å²) in [5.74, 6) is 0.820. The van der Waals surface area contributed by atoms with Gasteiger partial charge in [-0.2, -0.15) is 0 Å². The van der Waals surface area contributed by atoms with Crippen LogP contribution in [0.25, 0.3) is 4.96 Å². The molecule has 6 nitrogen and oxygen atoms in total. The summed E-state index contributed by atoms with van der Waals surface area (Å²) in [6.45, 7) is 1.93. The van der Waals surface area contributed by atoms with Gasteiger partial charge in [-0.05, 0) is 30.5 Å². The zero-order valence-corrected chi connectivity index (χ0v) is 18.7. The number of thioether (sulfide) groups is 1. The van der Waals surface area contributed by atoms with E-state index in [0.29, 0.717) is 46.9 Å². The maximum atomic E-state index is 12.5. The molecular formula is C21H22ClN3O3S2. The Labute approximate surface area is 187 Å². The Morgan fingerprint density at radius 2 is 2.07 bits per heavy atom. The third kappa shape index (κ3) is 4.88. The largest absolute Gasteiger partial charge is 0.381 e. The number of carbonyl (C=O) groups excluding carboxylic acids is 1. The Kier molecular flexibility index (Phi) is 6.77. The van der Waals surface area contributed by atoms with E-state index in [4.69, 9.17) is 16.3 Å². The van der Waals surface area contributed by atoms with Gasteiger partial charge in [0.05, 0.1) is 11.4 Å². The normalized spacial score (nSPS) is 15.9. The lowest BCUT2D eigenvalue weighted by Gasteiger charge is -2.38. The molecule has 30 heavy (non-hydrogen) atoms. The molecule has 4 rings (SSSR count). The lowest BCUT2D eigenvalue weighted by molar-refractivity contribution is -0.119. The van der Waals surface area contributed by atoms with Crippen molar-refractivity contribution in [3.8, 4) is 0 Å². The van der Waals surface area contributed by atoms with Crippen molar-refractivity contribution in [2.75, 3.05) is 25.5 Å². The van der Waals surface area contributed by atoms with Crippen LogP contribution in [0.3, 0.4) is 0 Å². The number of benzene rings is 1. The van der Waals surface area contributed by atoms with E-state index in [2.05, 4.69) is 10.3 Å². The van der Waals surface area contributed by atoms with Crippen molar-refractivity contribution in [3.63, 3.8) is 0 Å². The second-order valence-corrected chi connectivity index (χ2v) is 9.61. The minimum atomic E-state index is -0.135. The van der Waals surface area contributed by atoms with Gasteiger partial charge in [-0.15, -0.1) is 23.1 Å². The summed E-state index contributed by atoms with van der Waals surface area (Å²) in [6.07, 6.45) is 3.43. The van der Waals surface area contributed by atoms with Gasteiger partial charge in [-0.1, -0.05) is 23.7 Å². The fraction of sp³-hybridized carbons (Fsp3) is 0.381. The number of hydrogen-bond acceptors (Lipinski definition) is 6. The fourth-order valence-corrected chi connectivity index (χ4v) is 5.27. The first-order valence-electron chi connectivity index (χ1n) is 9.70. The first-order valence-corrected chi connectivity index (χ1v) is 12.1. The lowest BCUT2D eigenvalue weighted by Crippen LogP contribution is -2.45. The molecule has 0 unspecified atom stereocenters. The lowest BCUT2D eigenvalue weighted by atomic mass is 9.74. The minimum Gasteiger partial charge on any atom is -0.381 e. The average Bonchev–Trinajstić information content (AvgIpc) is 3.23. The van der Waals surface area contributed by atoms with Gasteiger partial charge in [0.15, 0.2) is 4.96 Å². The van der Waals surface area contributed by atoms with E-state index in [-0.39, 0.29) is 16.9 Å². The number of amides is 1. The topological polar surface area (TPSA) is 72.7 Å². The summed E-state index contributed by atoms with van der Waals surface area (Å²) in [7, 11) is 0. The minimum absolute atomic E-state index is 0.0197. The third-order valence-corrected chi connectivity index (χ3v) is 7.34. The molecule has 158 valence electrons. The second kappa shape index (κ2) is 9.51. The molecule has 3 aromatic rings. The van der Waals surface area contributed by atoms with Crippen molar-refractivity contribution in [2.24, 2.45) is 0 Å². The quantitative estimate of drug-likeness (QED) is 0.580. The predicted molar refractivity (Wildman–Crippen MR) is 122 cm³/mol. The second-order valence-electron chi connectivity index (χ2n) is 7.31. The maximum Gasteiger partial charge on any atom is 0.258 e. The van der Waals surface area contributed by atoms with Gasteiger partial charge in [-0.3, -0.25) is 14.0 Å². The van der Waals surface area contributed by atoms with Gasteiger partial charge in [-0.25, -0.2) is 4.98 Å². The highest BCUT2D eigenvalue weighted by atomic mass is 35.5. The fourth-order valence-electron chi connectivity index (χ4n) is 3.66. The van der Waals surface area contributed by atoms with Crippen LogP contribution in [0.5, 0.6) is 0 Å². The molecule has 0 radical (unpaired) electrons. The molecular weight excluding hydrogens is 442 g/mol. The summed E-state index contributed by atoms with van der Waals surface area (Å²) >= 11 is 8.92. The third-order valence-electron chi connectivity index (χ3n) is 5.37. The van der Waals surface area contributed by atoms with E-state index < -0.39 is 0 Å². The Balaban J connectivity index is 1.33. The first-order chi connectivity index (χ1) is 14.6. The molecule has 3 heterocycles. The van der Waals surface area contributed by atoms with Crippen LogP contribution in [0.4, 0.5) is 0 Å². The summed E-state index contributed by atoms with van der Waals surface area (Å²) < 4.78 is 7.07. The SMILES string of the molecule is O=C(CSCc1cc(=O)n2ccsc2n1)NCC1(c2ccc(Cl)cc2)CCOCC1. The average molecular weight is 464 g/mol. The van der Waals surface area contributed by atoms with Gasteiger partial charge < -0.3 is 10.1 Å². The molecule has 0 atom stereocenters. The van der Waals surface area contributed by atoms with Crippen molar-refractivity contribution in [1.29, 1.82) is 0 Å². The summed E-state index contributed by atoms with van der Waals surface area (Å²) in [6, 6.07) is 9.40. The molecule has 1 aromatic carbocycles. The van der Waals surface area contributed by atoms with E-state index in [9.17, 15) is 9.59 Å². The predicted octanol–water partition coefficient (Wildman–Crippen LogP) is 3.51. The van der Waals surface area contributed by atoms with Gasteiger partial charge in [0, 0.05) is 53.6 Å². The molecule has 1 N–H and O–H groups in total. The maximum absolute atomic E-state index is 12.5. The Morgan fingerprint density at radius 1 is 1.30 bits per heavy atom. The van der Waals surface area contributed by atoms with Gasteiger partial charge in [0.2, 0.25) is 5.91 Å². The van der Waals surface area contributed by atoms with Crippen molar-refractivity contribution in [3.05, 3.63) is 68.5 Å². The number of thiazole rings is 1. The standard InChI is InChI=1S/C21H22ClN3O3S2/c22-16-3-1-15(2-4-16)21(5-8-28-9-6-21)14-23-18(26)13-29-12-17-11-19(27)25-7-10-30-20(25)24-17/h1-4,7,10-11H,5-6,8-9,12-14H2,(H,23,26). The van der Waals surface area contributed by atoms with Crippen LogP contribution in [-0.2, 0) is 20.7 Å². The van der Waals surface area contributed by atoms with Crippen molar-refractivity contribution >= 4 is 45.6 Å². The zero-order chi connectivity index (χ0) is 21.0. The summed E-state index contributed by atoms with van der Waals surface area (Å²) in [5.41, 5.74) is 1.65. The van der Waals surface area contributed by atoms with Crippen LogP contribution >= 0.6 is 34.7 Å². The van der Waals surface area contributed by atoms with Crippen molar-refractivity contribution in [2.45, 2.75) is 24.0 Å². The molecule has 0 aliphatic carbocycles. The number of ether oxygens (including phenoxy) is 1. The number of aromatic nitrogens is 2. The zero-order valence-electron chi connectivity index (χ0n) is 16.3. The van der Waals surface area contributed by atoms with E-state index in [1.165, 1.54) is 39.1 Å². The molecule has 1 fully saturated rings. The molecule has 1 aliphatic rings. The Bertz CT molecular complexity index is 1080. The van der Waals surface area contributed by atoms with Crippen molar-refractivity contribution in [1.82, 2.24) is 14.7 Å². The van der Waals surface area contributed by atoms with E-state index >= 15 is 0 Å². The number of nitrogens with zero attached hydrogens (tertiary/aromatic N) is 2. The van der Waals surface area contributed by atoms with E-state index in [1.54, 1.807) is 6.20 Å². The first kappa shape index (κ1) is 21.4. The van der Waals surface area contributed by atoms with Crippen LogP contribution in [0, 0.1) is 0 Å². The molecule has 0 saturated carbocycles. The van der Waals surface area contributed by atoms with E-state index in [1.807, 2.05) is 29.6 Å². The molecule has 9 heteroatoms. The number of fused-ring (bicyclic) bond motifs is 1. The Hall–Kier alpha value is -1.87. The van der Waals surface area contributed by atoms with Crippen LogP contribution in [0.2, 0.25) is 5.02 Å². The smallest absolute Gasteiger partial charge is 0.258 e. The molecule has 1 aliphatic heterocycles. The summed E-state index contributed by atoms with van der Waals surface area (Å²) in [5, 5.41) is 5.64.